The minimum atomic E-state index is -0.130. The van der Waals surface area contributed by atoms with E-state index in [0.717, 1.165) is 38.6 Å². The minimum Gasteiger partial charge on any atom is -0.322 e. The van der Waals surface area contributed by atoms with Crippen LogP contribution in [0.5, 0.6) is 0 Å². The summed E-state index contributed by atoms with van der Waals surface area (Å²) < 4.78 is 0. The fourth-order valence-corrected chi connectivity index (χ4v) is 4.08. The molecule has 0 heterocycles. The van der Waals surface area contributed by atoms with Crippen LogP contribution in [0.4, 0.5) is 5.69 Å². The average Bonchev–Trinajstić information content (AvgIpc) is 2.69. The number of rotatable bonds is 6. The largest absolute Gasteiger partial charge is 0.322 e. The number of thioether (sulfide) groups is 2. The topological polar surface area (TPSA) is 52.9 Å². The number of aryl methyl sites for hydroxylation is 1. The lowest BCUT2D eigenvalue weighted by Crippen LogP contribution is -2.13. The van der Waals surface area contributed by atoms with E-state index in [1.165, 1.54) is 5.56 Å². The van der Waals surface area contributed by atoms with Gasteiger partial charge in [-0.25, -0.2) is 0 Å². The summed E-state index contributed by atoms with van der Waals surface area (Å²) >= 11 is 2.76. The van der Waals surface area contributed by atoms with Gasteiger partial charge in [0.1, 0.15) is 5.40 Å². The Morgan fingerprint density at radius 3 is 2.52 bits per heavy atom. The van der Waals surface area contributed by atoms with Gasteiger partial charge in [-0.15, -0.1) is 11.8 Å². The van der Waals surface area contributed by atoms with Gasteiger partial charge < -0.3 is 5.32 Å². The third-order valence-corrected chi connectivity index (χ3v) is 5.70. The zero-order valence-electron chi connectivity index (χ0n) is 14.8. The first kappa shape index (κ1) is 19.1. The van der Waals surface area contributed by atoms with Crippen molar-refractivity contribution in [2.24, 2.45) is 0 Å². The van der Waals surface area contributed by atoms with E-state index in [-0.39, 0.29) is 5.91 Å². The van der Waals surface area contributed by atoms with Crippen LogP contribution in [-0.4, -0.2) is 5.91 Å². The van der Waals surface area contributed by atoms with Gasteiger partial charge in [0, 0.05) is 21.2 Å². The summed E-state index contributed by atoms with van der Waals surface area (Å²) in [4.78, 5) is 14.6. The zero-order valence-corrected chi connectivity index (χ0v) is 16.4. The second-order valence-corrected chi connectivity index (χ2v) is 7.77. The van der Waals surface area contributed by atoms with Crippen LogP contribution in [0.25, 0.3) is 0 Å². The standard InChI is InChI=1S/C22H18N2OS2/c1-16-13-18(27-15-23)11-12-20(16)24-22(25)19-9-5-6-10-21(19)26-14-17-7-3-2-4-8-17/h2-13H,14H2,1H3,(H,24,25). The van der Waals surface area contributed by atoms with E-state index >= 15 is 0 Å². The van der Waals surface area contributed by atoms with Gasteiger partial charge in [0.25, 0.3) is 5.91 Å². The van der Waals surface area contributed by atoms with Gasteiger partial charge in [-0.3, -0.25) is 4.79 Å². The molecule has 134 valence electrons. The maximum atomic E-state index is 12.8. The zero-order chi connectivity index (χ0) is 19.1. The molecular weight excluding hydrogens is 372 g/mol. The van der Waals surface area contributed by atoms with Crippen molar-refractivity contribution in [3.63, 3.8) is 0 Å². The first-order chi connectivity index (χ1) is 13.2. The second-order valence-electron chi connectivity index (χ2n) is 5.89. The van der Waals surface area contributed by atoms with Crippen LogP contribution in [0.3, 0.4) is 0 Å². The highest BCUT2D eigenvalue weighted by Gasteiger charge is 2.13. The first-order valence-electron chi connectivity index (χ1n) is 8.41. The molecule has 0 saturated heterocycles. The molecule has 0 aliphatic carbocycles. The molecule has 0 atom stereocenters. The Kier molecular flexibility index (Phi) is 6.59. The van der Waals surface area contributed by atoms with Crippen molar-refractivity contribution < 1.29 is 4.79 Å². The molecule has 0 aliphatic rings. The molecule has 3 rings (SSSR count). The highest BCUT2D eigenvalue weighted by Crippen LogP contribution is 2.28. The lowest BCUT2D eigenvalue weighted by atomic mass is 10.1. The van der Waals surface area contributed by atoms with Crippen LogP contribution in [0.2, 0.25) is 0 Å². The van der Waals surface area contributed by atoms with Crippen molar-refractivity contribution in [1.29, 1.82) is 5.26 Å². The predicted octanol–water partition coefficient (Wildman–Crippen LogP) is 6.11. The Bertz CT molecular complexity index is 981. The van der Waals surface area contributed by atoms with E-state index in [1.54, 1.807) is 11.8 Å². The van der Waals surface area contributed by atoms with Crippen molar-refractivity contribution >= 4 is 35.1 Å². The Morgan fingerprint density at radius 2 is 1.78 bits per heavy atom. The quantitative estimate of drug-likeness (QED) is 0.407. The normalized spacial score (nSPS) is 10.2. The molecule has 5 heteroatoms. The van der Waals surface area contributed by atoms with E-state index in [1.807, 2.05) is 67.6 Å². The summed E-state index contributed by atoms with van der Waals surface area (Å²) in [6.07, 6.45) is 0. The number of nitrogens with zero attached hydrogens (tertiary/aromatic N) is 1. The smallest absolute Gasteiger partial charge is 0.256 e. The fourth-order valence-electron chi connectivity index (χ4n) is 2.60. The van der Waals surface area contributed by atoms with Crippen molar-refractivity contribution in [1.82, 2.24) is 0 Å². The number of anilines is 1. The summed E-state index contributed by atoms with van der Waals surface area (Å²) in [7, 11) is 0. The van der Waals surface area contributed by atoms with Crippen LogP contribution in [0, 0.1) is 17.6 Å². The van der Waals surface area contributed by atoms with Crippen molar-refractivity contribution in [2.75, 3.05) is 5.32 Å². The third kappa shape index (κ3) is 5.16. The molecule has 0 aliphatic heterocycles. The molecule has 3 aromatic carbocycles. The van der Waals surface area contributed by atoms with Crippen LogP contribution in [0.1, 0.15) is 21.5 Å². The Balaban J connectivity index is 1.74. The molecule has 0 saturated carbocycles. The number of amides is 1. The highest BCUT2D eigenvalue weighted by molar-refractivity contribution is 8.03. The lowest BCUT2D eigenvalue weighted by Gasteiger charge is -2.12. The molecule has 3 aromatic rings. The van der Waals surface area contributed by atoms with E-state index in [4.69, 9.17) is 5.26 Å². The van der Waals surface area contributed by atoms with Gasteiger partial charge in [0.2, 0.25) is 0 Å². The minimum absolute atomic E-state index is 0.130. The maximum absolute atomic E-state index is 12.8. The van der Waals surface area contributed by atoms with Crippen LogP contribution < -0.4 is 5.32 Å². The van der Waals surface area contributed by atoms with Gasteiger partial charge >= 0.3 is 0 Å². The number of thiocyanates is 1. The molecule has 0 radical (unpaired) electrons. The Morgan fingerprint density at radius 1 is 1.04 bits per heavy atom. The number of hydrogen-bond acceptors (Lipinski definition) is 4. The van der Waals surface area contributed by atoms with Crippen molar-refractivity contribution in [3.8, 4) is 5.40 Å². The number of carbonyl (C=O) groups excluding carboxylic acids is 1. The molecule has 0 spiro atoms. The summed E-state index contributed by atoms with van der Waals surface area (Å²) in [6.45, 7) is 1.92. The summed E-state index contributed by atoms with van der Waals surface area (Å²) in [5.41, 5.74) is 3.57. The maximum Gasteiger partial charge on any atom is 0.256 e. The summed E-state index contributed by atoms with van der Waals surface area (Å²) in [5.74, 6) is 0.680. The van der Waals surface area contributed by atoms with Crippen molar-refractivity contribution in [3.05, 3.63) is 89.5 Å². The Labute approximate surface area is 167 Å². The van der Waals surface area contributed by atoms with Crippen LogP contribution in [0.15, 0.2) is 82.6 Å². The molecule has 0 fully saturated rings. The number of hydrogen-bond donors (Lipinski definition) is 1. The molecule has 1 amide bonds. The Hall–Kier alpha value is -2.68. The number of nitriles is 1. The number of benzene rings is 3. The molecule has 3 nitrogen and oxygen atoms in total. The van der Waals surface area contributed by atoms with E-state index in [0.29, 0.717) is 5.56 Å². The number of nitrogens with one attached hydrogen (secondary N) is 1. The van der Waals surface area contributed by atoms with E-state index < -0.39 is 0 Å². The molecule has 0 aromatic heterocycles. The second kappa shape index (κ2) is 9.31. The molecule has 0 bridgehead atoms. The van der Waals surface area contributed by atoms with Crippen molar-refractivity contribution in [2.45, 2.75) is 22.5 Å². The highest BCUT2D eigenvalue weighted by atomic mass is 32.2. The lowest BCUT2D eigenvalue weighted by molar-refractivity contribution is 0.102. The molecule has 0 unspecified atom stereocenters. The molecule has 1 N–H and O–H groups in total. The van der Waals surface area contributed by atoms with Gasteiger partial charge in [-0.1, -0.05) is 42.5 Å². The van der Waals surface area contributed by atoms with Gasteiger partial charge in [-0.05, 0) is 60.1 Å². The number of carbonyl (C=O) groups is 1. The predicted molar refractivity (Wildman–Crippen MR) is 113 cm³/mol. The third-order valence-electron chi connectivity index (χ3n) is 3.98. The molecule has 27 heavy (non-hydrogen) atoms. The van der Waals surface area contributed by atoms with E-state index in [2.05, 4.69) is 22.9 Å². The first-order valence-corrected chi connectivity index (χ1v) is 10.2. The fraction of sp³-hybridized carbons (Fsp3) is 0.0909. The molecular formula is C22H18N2OS2. The van der Waals surface area contributed by atoms with E-state index in [9.17, 15) is 4.79 Å². The van der Waals surface area contributed by atoms with Gasteiger partial charge in [-0.2, -0.15) is 5.26 Å². The summed E-state index contributed by atoms with van der Waals surface area (Å²) in [6, 6.07) is 23.4. The van der Waals surface area contributed by atoms with Crippen LogP contribution >= 0.6 is 23.5 Å². The average molecular weight is 391 g/mol. The summed E-state index contributed by atoms with van der Waals surface area (Å²) in [5, 5.41) is 13.8. The van der Waals surface area contributed by atoms with Gasteiger partial charge in [0.15, 0.2) is 0 Å². The van der Waals surface area contributed by atoms with Crippen LogP contribution in [-0.2, 0) is 5.75 Å². The monoisotopic (exact) mass is 390 g/mol. The SMILES string of the molecule is Cc1cc(SC#N)ccc1NC(=O)c1ccccc1SCc1ccccc1. The van der Waals surface area contributed by atoms with Gasteiger partial charge in [0.05, 0.1) is 5.56 Å².